The van der Waals surface area contributed by atoms with Gasteiger partial charge in [-0.05, 0) is 18.8 Å². The van der Waals surface area contributed by atoms with Gasteiger partial charge in [-0.1, -0.05) is 6.92 Å². The summed E-state index contributed by atoms with van der Waals surface area (Å²) in [5.74, 6) is 0.407. The standard InChI is InChI=1S/C9H16N2O2/c1-7-3-5-11(6-4-7)9(13)10-8(2)12/h7H,3-6H2,1-2H3,(H,10,12,13). The third-order valence-electron chi connectivity index (χ3n) is 2.35. The second-order valence-corrected chi connectivity index (χ2v) is 3.66. The van der Waals surface area contributed by atoms with E-state index in [9.17, 15) is 9.59 Å². The maximum Gasteiger partial charge on any atom is 0.324 e. The average molecular weight is 184 g/mol. The number of hydrogen-bond donors (Lipinski definition) is 1. The number of carbonyl (C=O) groups is 2. The van der Waals surface area contributed by atoms with Crippen molar-refractivity contribution >= 4 is 11.9 Å². The van der Waals surface area contributed by atoms with Gasteiger partial charge in [0.05, 0.1) is 0 Å². The highest BCUT2D eigenvalue weighted by atomic mass is 16.2. The zero-order valence-corrected chi connectivity index (χ0v) is 8.17. The van der Waals surface area contributed by atoms with Gasteiger partial charge in [0.25, 0.3) is 0 Å². The molecule has 1 saturated heterocycles. The Morgan fingerprint density at radius 1 is 1.31 bits per heavy atom. The Hall–Kier alpha value is -1.06. The molecule has 0 radical (unpaired) electrons. The normalized spacial score (nSPS) is 18.5. The van der Waals surface area contributed by atoms with Gasteiger partial charge >= 0.3 is 6.03 Å². The van der Waals surface area contributed by atoms with Gasteiger partial charge in [0.1, 0.15) is 0 Å². The Bertz CT molecular complexity index is 208. The summed E-state index contributed by atoms with van der Waals surface area (Å²) >= 11 is 0. The highest BCUT2D eigenvalue weighted by molar-refractivity contribution is 5.93. The number of nitrogens with one attached hydrogen (secondary N) is 1. The Kier molecular flexibility index (Phi) is 3.28. The quantitative estimate of drug-likeness (QED) is 0.610. The summed E-state index contributed by atoms with van der Waals surface area (Å²) in [6.45, 7) is 5.06. The molecular weight excluding hydrogens is 168 g/mol. The van der Waals surface area contributed by atoms with Crippen LogP contribution in [-0.4, -0.2) is 29.9 Å². The highest BCUT2D eigenvalue weighted by Crippen LogP contribution is 2.15. The van der Waals surface area contributed by atoms with Gasteiger partial charge in [-0.2, -0.15) is 0 Å². The van der Waals surface area contributed by atoms with Crippen LogP contribution in [0.5, 0.6) is 0 Å². The second kappa shape index (κ2) is 4.25. The molecule has 0 aromatic carbocycles. The number of urea groups is 1. The maximum atomic E-state index is 11.3. The molecule has 1 aliphatic heterocycles. The molecule has 0 spiro atoms. The van der Waals surface area contributed by atoms with Gasteiger partial charge in [-0.3, -0.25) is 10.1 Å². The lowest BCUT2D eigenvalue weighted by Crippen LogP contribution is -2.45. The molecule has 0 saturated carbocycles. The molecule has 1 heterocycles. The van der Waals surface area contributed by atoms with Crippen LogP contribution in [0.4, 0.5) is 4.79 Å². The van der Waals surface area contributed by atoms with Crippen LogP contribution in [0.3, 0.4) is 0 Å². The molecule has 4 heteroatoms. The third-order valence-corrected chi connectivity index (χ3v) is 2.35. The fourth-order valence-corrected chi connectivity index (χ4v) is 1.44. The van der Waals surface area contributed by atoms with Crippen LogP contribution in [0.2, 0.25) is 0 Å². The number of amides is 3. The SMILES string of the molecule is CC(=O)NC(=O)N1CCC(C)CC1. The summed E-state index contributed by atoms with van der Waals surface area (Å²) in [5.41, 5.74) is 0. The number of imide groups is 1. The van der Waals surface area contributed by atoms with Crippen molar-refractivity contribution in [3.8, 4) is 0 Å². The first-order chi connectivity index (χ1) is 6.09. The molecule has 0 aliphatic carbocycles. The zero-order valence-electron chi connectivity index (χ0n) is 8.17. The van der Waals surface area contributed by atoms with Crippen molar-refractivity contribution in [1.82, 2.24) is 10.2 Å². The Balaban J connectivity index is 2.36. The number of piperidine rings is 1. The van der Waals surface area contributed by atoms with E-state index in [-0.39, 0.29) is 11.9 Å². The molecule has 74 valence electrons. The molecule has 0 aromatic heterocycles. The van der Waals surface area contributed by atoms with Gasteiger partial charge in [-0.25, -0.2) is 4.79 Å². The number of carbonyl (C=O) groups excluding carboxylic acids is 2. The molecule has 0 bridgehead atoms. The first kappa shape index (κ1) is 10.0. The zero-order chi connectivity index (χ0) is 9.84. The number of nitrogens with zero attached hydrogens (tertiary/aromatic N) is 1. The number of hydrogen-bond acceptors (Lipinski definition) is 2. The molecule has 1 rings (SSSR count). The van der Waals surface area contributed by atoms with Crippen LogP contribution in [0, 0.1) is 5.92 Å². The fourth-order valence-electron chi connectivity index (χ4n) is 1.44. The smallest absolute Gasteiger partial charge is 0.324 e. The molecule has 4 nitrogen and oxygen atoms in total. The largest absolute Gasteiger partial charge is 0.324 e. The summed E-state index contributed by atoms with van der Waals surface area (Å²) < 4.78 is 0. The topological polar surface area (TPSA) is 49.4 Å². The monoisotopic (exact) mass is 184 g/mol. The van der Waals surface area contributed by atoms with Crippen LogP contribution in [0.1, 0.15) is 26.7 Å². The summed E-state index contributed by atoms with van der Waals surface area (Å²) in [6, 6.07) is -0.251. The van der Waals surface area contributed by atoms with E-state index in [1.165, 1.54) is 6.92 Å². The fraction of sp³-hybridized carbons (Fsp3) is 0.778. The Morgan fingerprint density at radius 3 is 2.31 bits per heavy atom. The van der Waals surface area contributed by atoms with E-state index in [1.54, 1.807) is 4.90 Å². The summed E-state index contributed by atoms with van der Waals surface area (Å²) in [4.78, 5) is 23.6. The van der Waals surface area contributed by atoms with Crippen LogP contribution in [0.15, 0.2) is 0 Å². The minimum Gasteiger partial charge on any atom is -0.324 e. The van der Waals surface area contributed by atoms with E-state index in [0.717, 1.165) is 25.9 Å². The highest BCUT2D eigenvalue weighted by Gasteiger charge is 2.20. The maximum absolute atomic E-state index is 11.3. The number of likely N-dealkylation sites (tertiary alicyclic amines) is 1. The van der Waals surface area contributed by atoms with Crippen LogP contribution in [-0.2, 0) is 4.79 Å². The van der Waals surface area contributed by atoms with Crippen molar-refractivity contribution in [2.24, 2.45) is 5.92 Å². The number of rotatable bonds is 0. The van der Waals surface area contributed by atoms with Gasteiger partial charge in [0.15, 0.2) is 0 Å². The first-order valence-electron chi connectivity index (χ1n) is 4.66. The second-order valence-electron chi connectivity index (χ2n) is 3.66. The van der Waals surface area contributed by atoms with E-state index in [0.29, 0.717) is 5.92 Å². The molecule has 0 aromatic rings. The van der Waals surface area contributed by atoms with Crippen LogP contribution < -0.4 is 5.32 Å². The molecule has 1 fully saturated rings. The van der Waals surface area contributed by atoms with Crippen molar-refractivity contribution in [2.45, 2.75) is 26.7 Å². The summed E-state index contributed by atoms with van der Waals surface area (Å²) in [7, 11) is 0. The van der Waals surface area contributed by atoms with Gasteiger partial charge in [0, 0.05) is 20.0 Å². The lowest BCUT2D eigenvalue weighted by molar-refractivity contribution is -0.118. The van der Waals surface area contributed by atoms with E-state index >= 15 is 0 Å². The van der Waals surface area contributed by atoms with Crippen molar-refractivity contribution in [3.63, 3.8) is 0 Å². The van der Waals surface area contributed by atoms with Gasteiger partial charge in [-0.15, -0.1) is 0 Å². The Labute approximate surface area is 78.3 Å². The van der Waals surface area contributed by atoms with E-state index < -0.39 is 0 Å². The predicted octanol–water partition coefficient (Wildman–Crippen LogP) is 0.974. The summed E-state index contributed by atoms with van der Waals surface area (Å²) in [6.07, 6.45) is 2.07. The molecule has 0 unspecified atom stereocenters. The van der Waals surface area contributed by atoms with Crippen molar-refractivity contribution in [2.75, 3.05) is 13.1 Å². The molecule has 0 atom stereocenters. The van der Waals surface area contributed by atoms with E-state index in [2.05, 4.69) is 12.2 Å². The van der Waals surface area contributed by atoms with Crippen molar-refractivity contribution < 1.29 is 9.59 Å². The lowest BCUT2D eigenvalue weighted by atomic mass is 10.00. The summed E-state index contributed by atoms with van der Waals surface area (Å²) in [5, 5.41) is 2.28. The van der Waals surface area contributed by atoms with Crippen molar-refractivity contribution in [1.29, 1.82) is 0 Å². The van der Waals surface area contributed by atoms with E-state index in [4.69, 9.17) is 0 Å². The predicted molar refractivity (Wildman–Crippen MR) is 49.2 cm³/mol. The van der Waals surface area contributed by atoms with E-state index in [1.807, 2.05) is 0 Å². The third kappa shape index (κ3) is 3.05. The minimum atomic E-state index is -0.288. The molecule has 13 heavy (non-hydrogen) atoms. The average Bonchev–Trinajstić information content (AvgIpc) is 2.04. The van der Waals surface area contributed by atoms with Gasteiger partial charge in [0.2, 0.25) is 5.91 Å². The molecule has 1 N–H and O–H groups in total. The minimum absolute atomic E-state index is 0.251. The Morgan fingerprint density at radius 2 is 1.85 bits per heavy atom. The van der Waals surface area contributed by atoms with Crippen LogP contribution >= 0.6 is 0 Å². The first-order valence-corrected chi connectivity index (χ1v) is 4.66. The lowest BCUT2D eigenvalue weighted by Gasteiger charge is -2.29. The molecule has 3 amide bonds. The van der Waals surface area contributed by atoms with Crippen molar-refractivity contribution in [3.05, 3.63) is 0 Å². The van der Waals surface area contributed by atoms with Gasteiger partial charge < -0.3 is 4.90 Å². The molecule has 1 aliphatic rings. The molecular formula is C9H16N2O2. The van der Waals surface area contributed by atoms with Crippen LogP contribution in [0.25, 0.3) is 0 Å².